The van der Waals surface area contributed by atoms with Gasteiger partial charge in [0.25, 0.3) is 0 Å². The Morgan fingerprint density at radius 2 is 0.964 bits per heavy atom. The molecule has 2 unspecified atom stereocenters. The van der Waals surface area contributed by atoms with Crippen LogP contribution < -0.4 is 0 Å². The molecule has 0 N–H and O–H groups in total. The largest absolute Gasteiger partial charge is 0.405 e. The molecule has 2 nitrogen and oxygen atoms in total. The summed E-state index contributed by atoms with van der Waals surface area (Å²) < 4.78 is 16.1. The molecule has 28 heavy (non-hydrogen) atoms. The molecule has 2 aromatic carbocycles. The molecule has 152 valence electrons. The standard InChI is InChI=1S/C22H30Br2O2Si2/c1-21(25-27(3,4)5)19-13-15(23)9-11-17(19)18-12-10-16(24)14-20(18)22(21,2)26-28(6,7)8/h9-14H,1-8H3. The topological polar surface area (TPSA) is 18.5 Å². The Morgan fingerprint density at radius 3 is 1.25 bits per heavy atom. The predicted octanol–water partition coefficient (Wildman–Crippen LogP) is 8.03. The lowest BCUT2D eigenvalue weighted by Gasteiger charge is -2.55. The van der Waals surface area contributed by atoms with Gasteiger partial charge in [-0.15, -0.1) is 0 Å². The minimum atomic E-state index is -1.89. The van der Waals surface area contributed by atoms with Gasteiger partial charge in [0.05, 0.1) is 0 Å². The third-order valence-corrected chi connectivity index (χ3v) is 8.24. The van der Waals surface area contributed by atoms with Gasteiger partial charge in [0.1, 0.15) is 11.2 Å². The van der Waals surface area contributed by atoms with Crippen molar-refractivity contribution in [2.75, 3.05) is 0 Å². The SMILES string of the molecule is CC1(O[Si](C)(C)C)c2cc(Br)ccc2-c2ccc(Br)cc2C1(C)O[Si](C)(C)C. The van der Waals surface area contributed by atoms with Gasteiger partial charge < -0.3 is 8.85 Å². The first-order chi connectivity index (χ1) is 12.7. The highest BCUT2D eigenvalue weighted by Gasteiger charge is 2.56. The van der Waals surface area contributed by atoms with Crippen LogP contribution in [-0.4, -0.2) is 16.6 Å². The van der Waals surface area contributed by atoms with Gasteiger partial charge in [0.15, 0.2) is 16.6 Å². The maximum Gasteiger partial charge on any atom is 0.185 e. The minimum absolute atomic E-state index is 0.593. The van der Waals surface area contributed by atoms with Gasteiger partial charge in [0, 0.05) is 8.95 Å². The normalized spacial score (nSPS) is 24.6. The smallest absolute Gasteiger partial charge is 0.185 e. The summed E-state index contributed by atoms with van der Waals surface area (Å²) in [5, 5.41) is 0. The Labute approximate surface area is 188 Å². The summed E-state index contributed by atoms with van der Waals surface area (Å²) in [5.74, 6) is 0. The monoisotopic (exact) mass is 540 g/mol. The van der Waals surface area contributed by atoms with E-state index in [0.29, 0.717) is 0 Å². The van der Waals surface area contributed by atoms with Gasteiger partial charge in [-0.25, -0.2) is 0 Å². The Hall–Kier alpha value is -0.246. The van der Waals surface area contributed by atoms with Crippen LogP contribution in [0.25, 0.3) is 11.1 Å². The van der Waals surface area contributed by atoms with Crippen LogP contribution in [0.4, 0.5) is 0 Å². The zero-order chi connectivity index (χ0) is 21.1. The quantitative estimate of drug-likeness (QED) is 0.364. The van der Waals surface area contributed by atoms with Crippen molar-refractivity contribution in [2.45, 2.75) is 64.3 Å². The van der Waals surface area contributed by atoms with Crippen LogP contribution in [0.15, 0.2) is 45.3 Å². The third kappa shape index (κ3) is 4.01. The van der Waals surface area contributed by atoms with E-state index in [1.165, 1.54) is 22.3 Å². The number of benzene rings is 2. The fourth-order valence-electron chi connectivity index (χ4n) is 4.34. The molecule has 3 rings (SSSR count). The van der Waals surface area contributed by atoms with Crippen LogP contribution in [0.3, 0.4) is 0 Å². The van der Waals surface area contributed by atoms with Crippen molar-refractivity contribution < 1.29 is 8.85 Å². The number of hydrogen-bond acceptors (Lipinski definition) is 2. The molecule has 0 fully saturated rings. The van der Waals surface area contributed by atoms with Crippen LogP contribution in [0.5, 0.6) is 0 Å². The van der Waals surface area contributed by atoms with Gasteiger partial charge in [-0.1, -0.05) is 44.0 Å². The zero-order valence-corrected chi connectivity index (χ0v) is 23.2. The maximum absolute atomic E-state index is 7.01. The lowest BCUT2D eigenvalue weighted by Crippen LogP contribution is -2.58. The molecule has 0 bridgehead atoms. The maximum atomic E-state index is 7.01. The minimum Gasteiger partial charge on any atom is -0.405 e. The molecule has 0 amide bonds. The molecule has 1 aliphatic carbocycles. The van der Waals surface area contributed by atoms with Crippen molar-refractivity contribution in [1.29, 1.82) is 0 Å². The van der Waals surface area contributed by atoms with Gasteiger partial charge >= 0.3 is 0 Å². The second-order valence-corrected chi connectivity index (χ2v) is 20.6. The fraction of sp³-hybridized carbons (Fsp3) is 0.455. The first-order valence-corrected chi connectivity index (χ1v) is 18.1. The number of hydrogen-bond donors (Lipinski definition) is 0. The van der Waals surface area contributed by atoms with Crippen LogP contribution in [-0.2, 0) is 20.1 Å². The van der Waals surface area contributed by atoms with Crippen molar-refractivity contribution in [2.24, 2.45) is 0 Å². The summed E-state index contributed by atoms with van der Waals surface area (Å²) in [7, 11) is -3.79. The van der Waals surface area contributed by atoms with Crippen LogP contribution in [0, 0.1) is 0 Å². The predicted molar refractivity (Wildman–Crippen MR) is 131 cm³/mol. The van der Waals surface area contributed by atoms with Gasteiger partial charge in [0.2, 0.25) is 0 Å². The summed E-state index contributed by atoms with van der Waals surface area (Å²) in [6.07, 6.45) is 0. The Bertz CT molecular complexity index is 842. The van der Waals surface area contributed by atoms with Crippen molar-refractivity contribution in [3.05, 3.63) is 56.5 Å². The molecule has 0 spiro atoms. The van der Waals surface area contributed by atoms with Crippen LogP contribution in [0.2, 0.25) is 39.3 Å². The van der Waals surface area contributed by atoms with Crippen molar-refractivity contribution in [3.63, 3.8) is 0 Å². The van der Waals surface area contributed by atoms with Crippen LogP contribution in [0.1, 0.15) is 25.0 Å². The molecule has 6 heteroatoms. The van der Waals surface area contributed by atoms with E-state index in [0.717, 1.165) is 8.95 Å². The molecule has 2 atom stereocenters. The molecule has 0 aliphatic heterocycles. The Kier molecular flexibility index (Phi) is 5.74. The Morgan fingerprint density at radius 1 is 0.643 bits per heavy atom. The highest BCUT2D eigenvalue weighted by molar-refractivity contribution is 9.10. The van der Waals surface area contributed by atoms with E-state index < -0.39 is 27.8 Å². The lowest BCUT2D eigenvalue weighted by molar-refractivity contribution is -0.120. The molecule has 2 aromatic rings. The summed E-state index contributed by atoms with van der Waals surface area (Å²) >= 11 is 7.38. The highest BCUT2D eigenvalue weighted by Crippen LogP contribution is 2.57. The molecule has 0 heterocycles. The first-order valence-electron chi connectivity index (χ1n) is 9.67. The van der Waals surface area contributed by atoms with E-state index >= 15 is 0 Å². The molecular formula is C22H30Br2O2Si2. The van der Waals surface area contributed by atoms with Gasteiger partial charge in [-0.2, -0.15) is 0 Å². The average Bonchev–Trinajstić information content (AvgIpc) is 2.50. The van der Waals surface area contributed by atoms with Crippen LogP contribution >= 0.6 is 31.9 Å². The molecule has 0 aromatic heterocycles. The van der Waals surface area contributed by atoms with E-state index in [1.54, 1.807) is 0 Å². The molecule has 0 radical (unpaired) electrons. The number of halogens is 2. The number of fused-ring (bicyclic) bond motifs is 3. The van der Waals surface area contributed by atoms with Gasteiger partial charge in [-0.3, -0.25) is 0 Å². The van der Waals surface area contributed by atoms with E-state index in [-0.39, 0.29) is 0 Å². The third-order valence-electron chi connectivity index (χ3n) is 5.21. The van der Waals surface area contributed by atoms with Crippen molar-refractivity contribution in [3.8, 4) is 11.1 Å². The molecule has 0 saturated carbocycles. The lowest BCUT2D eigenvalue weighted by atomic mass is 9.67. The summed E-state index contributed by atoms with van der Waals surface area (Å²) in [6, 6.07) is 13.1. The average molecular weight is 542 g/mol. The zero-order valence-electron chi connectivity index (χ0n) is 18.0. The van der Waals surface area contributed by atoms with Crippen molar-refractivity contribution in [1.82, 2.24) is 0 Å². The molecule has 1 aliphatic rings. The highest BCUT2D eigenvalue weighted by atomic mass is 79.9. The van der Waals surface area contributed by atoms with Crippen molar-refractivity contribution >= 4 is 48.5 Å². The summed E-state index contributed by atoms with van der Waals surface area (Å²) in [4.78, 5) is 0. The van der Waals surface area contributed by atoms with E-state index in [2.05, 4.69) is 121 Å². The second-order valence-electron chi connectivity index (χ2n) is 9.88. The number of rotatable bonds is 4. The first kappa shape index (κ1) is 22.4. The molecule has 0 saturated heterocycles. The summed E-state index contributed by atoms with van der Waals surface area (Å²) in [6.45, 7) is 18.0. The Balaban J connectivity index is 2.42. The fourth-order valence-corrected chi connectivity index (χ4v) is 8.12. The van der Waals surface area contributed by atoms with E-state index in [9.17, 15) is 0 Å². The second kappa shape index (κ2) is 7.17. The molecular weight excluding hydrogens is 512 g/mol. The van der Waals surface area contributed by atoms with E-state index in [4.69, 9.17) is 8.85 Å². The summed E-state index contributed by atoms with van der Waals surface area (Å²) in [5.41, 5.74) is 3.65. The van der Waals surface area contributed by atoms with Gasteiger partial charge in [-0.05, 0) is 99.6 Å². The van der Waals surface area contributed by atoms with E-state index in [1.807, 2.05) is 0 Å².